The number of hydrogen-bond donors (Lipinski definition) is 2. The van der Waals surface area contributed by atoms with Gasteiger partial charge in [-0.15, -0.1) is 0 Å². The largest absolute Gasteiger partial charge is 0.388 e. The van der Waals surface area contributed by atoms with Crippen LogP contribution in [0.3, 0.4) is 0 Å². The van der Waals surface area contributed by atoms with E-state index in [1.54, 1.807) is 38.6 Å². The number of allylic oxidation sites excluding steroid dienone is 5. The summed E-state index contributed by atoms with van der Waals surface area (Å²) in [5.41, 5.74) is 3.35. The van der Waals surface area contributed by atoms with Crippen molar-refractivity contribution in [2.75, 3.05) is 20.8 Å². The van der Waals surface area contributed by atoms with Gasteiger partial charge in [0.1, 0.15) is 11.6 Å². The summed E-state index contributed by atoms with van der Waals surface area (Å²) in [6.45, 7) is 4.57. The van der Waals surface area contributed by atoms with E-state index in [1.807, 2.05) is 25.2 Å². The van der Waals surface area contributed by atoms with Gasteiger partial charge in [-0.25, -0.2) is 14.4 Å². The van der Waals surface area contributed by atoms with Gasteiger partial charge in [0.2, 0.25) is 0 Å². The van der Waals surface area contributed by atoms with E-state index in [4.69, 9.17) is 0 Å². The van der Waals surface area contributed by atoms with E-state index in [1.165, 1.54) is 12.1 Å². The number of nitrogens with one attached hydrogen (secondary N) is 2. The van der Waals surface area contributed by atoms with E-state index in [9.17, 15) is 9.18 Å². The average Bonchev–Trinajstić information content (AvgIpc) is 3.24. The molecule has 0 aliphatic heterocycles. The summed E-state index contributed by atoms with van der Waals surface area (Å²) in [4.78, 5) is 24.6. The van der Waals surface area contributed by atoms with Crippen molar-refractivity contribution in [1.82, 2.24) is 20.3 Å². The third-order valence-corrected chi connectivity index (χ3v) is 4.52. The number of aromatic amines is 1. The van der Waals surface area contributed by atoms with Gasteiger partial charge in [-0.05, 0) is 55.7 Å². The molecule has 3 aromatic rings. The maximum absolute atomic E-state index is 13.2. The number of aromatic nitrogens is 3. The number of carbonyl (C=O) groups excluding carboxylic acids is 1. The summed E-state index contributed by atoms with van der Waals surface area (Å²) in [5.74, 6) is 0.0315. The summed E-state index contributed by atoms with van der Waals surface area (Å²) in [5, 5.41) is 2.96. The van der Waals surface area contributed by atoms with Crippen LogP contribution in [-0.2, 0) is 4.74 Å². The topological polar surface area (TPSA) is 79.9 Å². The number of nitrogens with zero attached hydrogens (tertiary/aromatic N) is 2. The fourth-order valence-electron chi connectivity index (χ4n) is 3.02. The van der Waals surface area contributed by atoms with Crippen LogP contribution in [0.5, 0.6) is 0 Å². The lowest BCUT2D eigenvalue weighted by molar-refractivity contribution is 0.0955. The molecule has 3 rings (SSSR count). The molecule has 0 spiro atoms. The Hall–Kier alpha value is -3.58. The predicted molar refractivity (Wildman–Crippen MR) is 131 cm³/mol. The molecule has 0 unspecified atom stereocenters. The zero-order valence-corrected chi connectivity index (χ0v) is 19.6. The molecule has 0 saturated heterocycles. The summed E-state index contributed by atoms with van der Waals surface area (Å²) in [6.07, 6.45) is 13.5. The van der Waals surface area contributed by atoms with Crippen LogP contribution in [0.15, 0.2) is 72.5 Å². The number of carbonyl (C=O) groups is 1. The molecule has 1 amide bonds. The molecule has 2 aromatic heterocycles. The number of benzene rings is 1. The van der Waals surface area contributed by atoms with E-state index in [0.717, 1.165) is 24.0 Å². The molecule has 0 aliphatic rings. The molecule has 0 aliphatic carbocycles. The van der Waals surface area contributed by atoms with Crippen molar-refractivity contribution in [3.05, 3.63) is 83.9 Å². The smallest absolute Gasteiger partial charge is 0.253 e. The molecule has 33 heavy (non-hydrogen) atoms. The first-order chi connectivity index (χ1) is 16.0. The van der Waals surface area contributed by atoms with Crippen LogP contribution in [0.1, 0.15) is 37.0 Å². The Morgan fingerprint density at radius 2 is 1.94 bits per heavy atom. The highest BCUT2D eigenvalue weighted by Crippen LogP contribution is 2.22. The van der Waals surface area contributed by atoms with Crippen LogP contribution in [0.25, 0.3) is 22.6 Å². The molecule has 1 aromatic carbocycles. The third kappa shape index (κ3) is 7.80. The molecule has 0 atom stereocenters. The first kappa shape index (κ1) is 25.7. The van der Waals surface area contributed by atoms with Gasteiger partial charge >= 0.3 is 0 Å². The van der Waals surface area contributed by atoms with Gasteiger partial charge in [0, 0.05) is 32.5 Å². The molecule has 7 heteroatoms. The van der Waals surface area contributed by atoms with E-state index in [0.29, 0.717) is 29.1 Å². The van der Waals surface area contributed by atoms with E-state index in [-0.39, 0.29) is 11.7 Å². The normalized spacial score (nSPS) is 11.7. The van der Waals surface area contributed by atoms with Crippen LogP contribution < -0.4 is 5.32 Å². The van der Waals surface area contributed by atoms with Gasteiger partial charge in [0.05, 0.1) is 11.1 Å². The van der Waals surface area contributed by atoms with Gasteiger partial charge in [-0.2, -0.15) is 0 Å². The Morgan fingerprint density at radius 3 is 2.61 bits per heavy atom. The minimum absolute atomic E-state index is 0.194. The second kappa shape index (κ2) is 13.8. The number of H-pyrrole nitrogens is 1. The zero-order chi connectivity index (χ0) is 24.1. The second-order valence-electron chi connectivity index (χ2n) is 7.14. The number of ether oxygens (including phenoxy) is 1. The maximum atomic E-state index is 13.2. The SMILES string of the molecule is COC.C\C=C/C(=C\C=C\CC)CCNC(=O)c1ccnc2nc(-c3ccc(F)cc3)[nH]c12. The summed E-state index contributed by atoms with van der Waals surface area (Å²) in [7, 11) is 3.25. The molecular formula is C26H31FN4O2. The average molecular weight is 451 g/mol. The quantitative estimate of drug-likeness (QED) is 0.437. The highest BCUT2D eigenvalue weighted by atomic mass is 19.1. The number of rotatable bonds is 8. The van der Waals surface area contributed by atoms with Crippen molar-refractivity contribution in [3.63, 3.8) is 0 Å². The lowest BCUT2D eigenvalue weighted by Crippen LogP contribution is -2.25. The molecule has 2 N–H and O–H groups in total. The first-order valence-electron chi connectivity index (χ1n) is 10.8. The van der Waals surface area contributed by atoms with Crippen molar-refractivity contribution in [3.8, 4) is 11.4 Å². The second-order valence-corrected chi connectivity index (χ2v) is 7.14. The third-order valence-electron chi connectivity index (χ3n) is 4.52. The Morgan fingerprint density at radius 1 is 1.21 bits per heavy atom. The number of pyridine rings is 1. The molecule has 6 nitrogen and oxygen atoms in total. The van der Waals surface area contributed by atoms with Crippen molar-refractivity contribution in [2.24, 2.45) is 0 Å². The van der Waals surface area contributed by atoms with Gasteiger partial charge in [-0.3, -0.25) is 4.79 Å². The number of halogens is 1. The number of imidazole rings is 1. The molecule has 0 fully saturated rings. The van der Waals surface area contributed by atoms with Gasteiger partial charge in [-0.1, -0.05) is 37.3 Å². The zero-order valence-electron chi connectivity index (χ0n) is 19.6. The maximum Gasteiger partial charge on any atom is 0.253 e. The number of hydrogen-bond acceptors (Lipinski definition) is 4. The summed E-state index contributed by atoms with van der Waals surface area (Å²) in [6, 6.07) is 7.67. The van der Waals surface area contributed by atoms with Crippen molar-refractivity contribution in [2.45, 2.75) is 26.7 Å². The Kier molecular flexibility index (Phi) is 10.7. The number of amides is 1. The van der Waals surface area contributed by atoms with E-state index < -0.39 is 0 Å². The van der Waals surface area contributed by atoms with Crippen molar-refractivity contribution in [1.29, 1.82) is 0 Å². The summed E-state index contributed by atoms with van der Waals surface area (Å²) >= 11 is 0. The molecule has 174 valence electrons. The standard InChI is InChI=1S/C24H25FN4O.C2H6O/c1-3-5-6-8-17(7-4-2)13-15-27-24(30)20-14-16-26-23-21(20)28-22(29-23)18-9-11-19(25)12-10-18;1-3-2/h4-12,14,16H,3,13,15H2,1-2H3,(H,27,30)(H,26,28,29);1-2H3/b6-5+,7-4-,17-8+;. The fourth-order valence-corrected chi connectivity index (χ4v) is 3.02. The van der Waals surface area contributed by atoms with Gasteiger partial charge in [0.15, 0.2) is 5.65 Å². The van der Waals surface area contributed by atoms with Crippen LogP contribution in [-0.4, -0.2) is 41.6 Å². The van der Waals surface area contributed by atoms with Gasteiger partial charge in [0.25, 0.3) is 5.91 Å². The molecular weight excluding hydrogens is 419 g/mol. The first-order valence-corrected chi connectivity index (χ1v) is 10.8. The lowest BCUT2D eigenvalue weighted by atomic mass is 10.1. The van der Waals surface area contributed by atoms with E-state index >= 15 is 0 Å². The molecule has 0 saturated carbocycles. The highest BCUT2D eigenvalue weighted by Gasteiger charge is 2.15. The predicted octanol–water partition coefficient (Wildman–Crippen LogP) is 5.62. The number of fused-ring (bicyclic) bond motifs is 1. The Bertz CT molecular complexity index is 1120. The van der Waals surface area contributed by atoms with Crippen LogP contribution in [0.4, 0.5) is 4.39 Å². The fraction of sp³-hybridized carbons (Fsp3) is 0.269. The van der Waals surface area contributed by atoms with Crippen LogP contribution in [0.2, 0.25) is 0 Å². The minimum Gasteiger partial charge on any atom is -0.388 e. The Balaban J connectivity index is 0.00000122. The van der Waals surface area contributed by atoms with E-state index in [2.05, 4.69) is 44.1 Å². The van der Waals surface area contributed by atoms with Crippen molar-refractivity contribution < 1.29 is 13.9 Å². The van der Waals surface area contributed by atoms with Crippen molar-refractivity contribution >= 4 is 17.1 Å². The van der Waals surface area contributed by atoms with Crippen LogP contribution in [0, 0.1) is 5.82 Å². The molecule has 0 bridgehead atoms. The monoisotopic (exact) mass is 450 g/mol. The van der Waals surface area contributed by atoms with Crippen LogP contribution >= 0.6 is 0 Å². The lowest BCUT2D eigenvalue weighted by Gasteiger charge is -2.06. The highest BCUT2D eigenvalue weighted by molar-refractivity contribution is 6.04. The number of methoxy groups -OCH3 is 1. The molecule has 0 radical (unpaired) electrons. The minimum atomic E-state index is -0.315. The summed E-state index contributed by atoms with van der Waals surface area (Å²) < 4.78 is 17.4. The van der Waals surface area contributed by atoms with Gasteiger partial charge < -0.3 is 15.0 Å². The Labute approximate surface area is 194 Å². The molecule has 2 heterocycles.